The molecule has 0 spiro atoms. The Balaban J connectivity index is 2.11. The predicted molar refractivity (Wildman–Crippen MR) is 121 cm³/mol. The van der Waals surface area contributed by atoms with Gasteiger partial charge in [-0.15, -0.1) is 0 Å². The molecule has 0 aliphatic carbocycles. The summed E-state index contributed by atoms with van der Waals surface area (Å²) >= 11 is 0. The van der Waals surface area contributed by atoms with E-state index in [0.29, 0.717) is 24.5 Å². The van der Waals surface area contributed by atoms with E-state index in [4.69, 9.17) is 4.74 Å². The lowest BCUT2D eigenvalue weighted by molar-refractivity contribution is -0.140. The van der Waals surface area contributed by atoms with Crippen LogP contribution in [0.15, 0.2) is 54.1 Å². The number of ether oxygens (including phenoxy) is 1. The van der Waals surface area contributed by atoms with Gasteiger partial charge in [-0.1, -0.05) is 44.2 Å². The summed E-state index contributed by atoms with van der Waals surface area (Å²) in [7, 11) is 0. The Morgan fingerprint density at radius 2 is 1.81 bits per heavy atom. The molecule has 1 amide bonds. The average molecular weight is 441 g/mol. The Labute approximate surface area is 187 Å². The predicted octanol–water partition coefficient (Wildman–Crippen LogP) is 3.99. The van der Waals surface area contributed by atoms with Crippen LogP contribution in [0.4, 0.5) is 4.39 Å². The summed E-state index contributed by atoms with van der Waals surface area (Å²) in [5.74, 6) is -1.93. The van der Waals surface area contributed by atoms with Crippen LogP contribution in [-0.4, -0.2) is 59.4 Å². The summed E-state index contributed by atoms with van der Waals surface area (Å²) in [4.78, 5) is 29.5. The average Bonchev–Trinajstić information content (AvgIpc) is 3.05. The number of carbonyl (C=O) groups excluding carboxylic acids is 2. The van der Waals surface area contributed by atoms with E-state index in [1.165, 1.54) is 11.0 Å². The van der Waals surface area contributed by atoms with Gasteiger partial charge in [-0.2, -0.15) is 0 Å². The van der Waals surface area contributed by atoms with Crippen molar-refractivity contribution < 1.29 is 23.8 Å². The molecule has 0 bridgehead atoms. The molecule has 1 saturated heterocycles. The first kappa shape index (κ1) is 23.5. The quantitative estimate of drug-likeness (QED) is 0.363. The monoisotopic (exact) mass is 440 g/mol. The van der Waals surface area contributed by atoms with Crippen LogP contribution in [0.2, 0.25) is 0 Å². The lowest BCUT2D eigenvalue weighted by Gasteiger charge is -2.28. The first-order valence-electron chi connectivity index (χ1n) is 10.9. The Morgan fingerprint density at radius 3 is 2.47 bits per heavy atom. The fourth-order valence-electron chi connectivity index (χ4n) is 3.98. The van der Waals surface area contributed by atoms with Crippen molar-refractivity contribution in [2.24, 2.45) is 0 Å². The molecule has 0 radical (unpaired) electrons. The molecule has 170 valence electrons. The third-order valence-electron chi connectivity index (χ3n) is 5.71. The topological polar surface area (TPSA) is 70.1 Å². The van der Waals surface area contributed by atoms with Crippen LogP contribution in [0.5, 0.6) is 5.75 Å². The molecular formula is C25H29FN2O4. The van der Waals surface area contributed by atoms with Crippen LogP contribution in [0.25, 0.3) is 5.76 Å². The van der Waals surface area contributed by atoms with E-state index < -0.39 is 23.5 Å². The summed E-state index contributed by atoms with van der Waals surface area (Å²) in [5, 5.41) is 11.1. The number of ketones is 1. The van der Waals surface area contributed by atoms with Crippen molar-refractivity contribution in [2.75, 3.05) is 32.8 Å². The minimum absolute atomic E-state index is 0.117. The minimum atomic E-state index is -1.01. The molecular weight excluding hydrogens is 411 g/mol. The van der Waals surface area contributed by atoms with E-state index in [-0.39, 0.29) is 23.4 Å². The number of Topliss-reactive ketones (excluding diaryl/α,β-unsaturated/α-hetero) is 1. The Kier molecular flexibility index (Phi) is 7.64. The Morgan fingerprint density at radius 1 is 1.09 bits per heavy atom. The third-order valence-corrected chi connectivity index (χ3v) is 5.71. The number of likely N-dealkylation sites (N-methyl/N-ethyl adjacent to an activating group) is 1. The van der Waals surface area contributed by atoms with Crippen LogP contribution in [-0.2, 0) is 9.59 Å². The number of carbonyl (C=O) groups is 2. The zero-order valence-corrected chi connectivity index (χ0v) is 18.7. The Bertz CT molecular complexity index is 1020. The van der Waals surface area contributed by atoms with Crippen LogP contribution < -0.4 is 4.74 Å². The number of aliphatic hydroxyl groups excluding tert-OH is 1. The fourth-order valence-corrected chi connectivity index (χ4v) is 3.98. The van der Waals surface area contributed by atoms with Crippen LogP contribution in [0.3, 0.4) is 0 Å². The molecule has 1 atom stereocenters. The summed E-state index contributed by atoms with van der Waals surface area (Å²) in [6, 6.07) is 11.7. The lowest BCUT2D eigenvalue weighted by atomic mass is 9.95. The standard InChI is InChI=1S/C25H29FN2O4/c1-4-27(5-2)14-15-28-22(19-12-7-8-13-20(19)26)21(24(30)25(28)31)23(29)17-10-9-11-18(16-17)32-6-3/h7-13,16,22,29H,4-6,14-15H2,1-3H3. The highest BCUT2D eigenvalue weighted by Crippen LogP contribution is 2.40. The zero-order chi connectivity index (χ0) is 23.3. The zero-order valence-electron chi connectivity index (χ0n) is 18.7. The van der Waals surface area contributed by atoms with Gasteiger partial charge in [0.25, 0.3) is 11.7 Å². The second-order valence-electron chi connectivity index (χ2n) is 7.50. The van der Waals surface area contributed by atoms with Gasteiger partial charge < -0.3 is 19.6 Å². The maximum Gasteiger partial charge on any atom is 0.295 e. The molecule has 2 aromatic carbocycles. The van der Waals surface area contributed by atoms with Gasteiger partial charge in [0.1, 0.15) is 17.3 Å². The van der Waals surface area contributed by atoms with Crippen LogP contribution in [0.1, 0.15) is 37.9 Å². The highest BCUT2D eigenvalue weighted by molar-refractivity contribution is 6.46. The van der Waals surface area contributed by atoms with Gasteiger partial charge in [-0.05, 0) is 38.2 Å². The molecule has 1 aliphatic heterocycles. The smallest absolute Gasteiger partial charge is 0.295 e. The molecule has 3 rings (SSSR count). The summed E-state index contributed by atoms with van der Waals surface area (Å²) in [6.45, 7) is 8.64. The van der Waals surface area contributed by atoms with Crippen molar-refractivity contribution in [3.05, 3.63) is 71.0 Å². The van der Waals surface area contributed by atoms with Gasteiger partial charge in [0.05, 0.1) is 18.2 Å². The number of nitrogens with zero attached hydrogens (tertiary/aromatic N) is 2. The molecule has 1 fully saturated rings. The maximum absolute atomic E-state index is 14.8. The molecule has 0 saturated carbocycles. The number of halogens is 1. The van der Waals surface area contributed by atoms with Gasteiger partial charge in [-0.3, -0.25) is 9.59 Å². The van der Waals surface area contributed by atoms with E-state index in [9.17, 15) is 19.1 Å². The third kappa shape index (κ3) is 4.67. The van der Waals surface area contributed by atoms with Crippen molar-refractivity contribution >= 4 is 17.4 Å². The van der Waals surface area contributed by atoms with Gasteiger partial charge in [0, 0.05) is 24.2 Å². The molecule has 32 heavy (non-hydrogen) atoms. The van der Waals surface area contributed by atoms with Crippen molar-refractivity contribution in [3.8, 4) is 5.75 Å². The molecule has 1 heterocycles. The first-order chi connectivity index (χ1) is 15.4. The minimum Gasteiger partial charge on any atom is -0.507 e. The van der Waals surface area contributed by atoms with E-state index in [0.717, 1.165) is 13.1 Å². The summed E-state index contributed by atoms with van der Waals surface area (Å²) in [6.07, 6.45) is 0. The number of benzene rings is 2. The molecule has 2 aromatic rings. The first-order valence-corrected chi connectivity index (χ1v) is 10.9. The fraction of sp³-hybridized carbons (Fsp3) is 0.360. The van der Waals surface area contributed by atoms with Crippen molar-refractivity contribution in [1.82, 2.24) is 9.80 Å². The number of aliphatic hydroxyl groups is 1. The van der Waals surface area contributed by atoms with Crippen molar-refractivity contribution in [2.45, 2.75) is 26.8 Å². The molecule has 1 unspecified atom stereocenters. The van der Waals surface area contributed by atoms with E-state index >= 15 is 0 Å². The number of rotatable bonds is 9. The molecule has 0 aromatic heterocycles. The van der Waals surface area contributed by atoms with Gasteiger partial charge in [-0.25, -0.2) is 4.39 Å². The largest absolute Gasteiger partial charge is 0.507 e. The summed E-state index contributed by atoms with van der Waals surface area (Å²) < 4.78 is 20.3. The highest BCUT2D eigenvalue weighted by Gasteiger charge is 2.46. The van der Waals surface area contributed by atoms with Crippen molar-refractivity contribution in [1.29, 1.82) is 0 Å². The van der Waals surface area contributed by atoms with Crippen LogP contribution in [0, 0.1) is 5.82 Å². The molecule has 1 N–H and O–H groups in total. The molecule has 7 heteroatoms. The summed E-state index contributed by atoms with van der Waals surface area (Å²) in [5.41, 5.74) is 0.390. The van der Waals surface area contributed by atoms with Gasteiger partial charge >= 0.3 is 0 Å². The second kappa shape index (κ2) is 10.4. The van der Waals surface area contributed by atoms with E-state index in [1.807, 2.05) is 20.8 Å². The Hall–Kier alpha value is -3.19. The number of likely N-dealkylation sites (tertiary alicyclic amines) is 1. The molecule has 1 aliphatic rings. The van der Waals surface area contributed by atoms with E-state index in [2.05, 4.69) is 4.90 Å². The second-order valence-corrected chi connectivity index (χ2v) is 7.50. The lowest BCUT2D eigenvalue weighted by Crippen LogP contribution is -2.38. The van der Waals surface area contributed by atoms with E-state index in [1.54, 1.807) is 42.5 Å². The number of amides is 1. The van der Waals surface area contributed by atoms with Crippen LogP contribution >= 0.6 is 0 Å². The number of hydrogen-bond acceptors (Lipinski definition) is 5. The maximum atomic E-state index is 14.8. The van der Waals surface area contributed by atoms with Crippen molar-refractivity contribution in [3.63, 3.8) is 0 Å². The SMILES string of the molecule is CCOc1cccc(C(O)=C2C(=O)C(=O)N(CCN(CC)CC)C2c2ccccc2F)c1. The number of hydrogen-bond donors (Lipinski definition) is 1. The van der Waals surface area contributed by atoms with Gasteiger partial charge in [0.2, 0.25) is 0 Å². The highest BCUT2D eigenvalue weighted by atomic mass is 19.1. The molecule has 6 nitrogen and oxygen atoms in total. The normalized spacial score (nSPS) is 17.9. The van der Waals surface area contributed by atoms with Gasteiger partial charge in [0.15, 0.2) is 0 Å².